The molecule has 2 atom stereocenters. The Morgan fingerprint density at radius 1 is 1.24 bits per heavy atom. The van der Waals surface area contributed by atoms with Crippen LogP contribution in [0.3, 0.4) is 0 Å². The molecule has 8 nitrogen and oxygen atoms in total. The molecule has 0 radical (unpaired) electrons. The summed E-state index contributed by atoms with van der Waals surface area (Å²) in [6.07, 6.45) is 0.319. The van der Waals surface area contributed by atoms with Gasteiger partial charge in [-0.25, -0.2) is 4.18 Å². The standard InChI is InChI=1S/C7H9NO3S.C4H7NO3S/c1-7(2,11-12(9)10)5-3-4-6-8;1-7-9(6)8-4-2-3-5/h4H2,1-2H3,(H,9,10);2,4H2,1H3. The molecule has 0 aliphatic heterocycles. The van der Waals surface area contributed by atoms with Gasteiger partial charge in [0.05, 0.1) is 38.7 Å². The summed E-state index contributed by atoms with van der Waals surface area (Å²) in [6, 6.07) is 3.66. The minimum absolute atomic E-state index is 0.0881. The second-order valence-electron chi connectivity index (χ2n) is 3.55. The highest BCUT2D eigenvalue weighted by Crippen LogP contribution is 2.08. The first kappa shape index (κ1) is 22.0. The van der Waals surface area contributed by atoms with Gasteiger partial charge in [0.25, 0.3) is 0 Å². The first-order valence-corrected chi connectivity index (χ1v) is 7.46. The van der Waals surface area contributed by atoms with Crippen LogP contribution < -0.4 is 0 Å². The molecule has 0 aliphatic rings. The van der Waals surface area contributed by atoms with Crippen molar-refractivity contribution in [1.82, 2.24) is 0 Å². The molecule has 0 rings (SSSR count). The van der Waals surface area contributed by atoms with Crippen LogP contribution in [0, 0.1) is 34.5 Å². The van der Waals surface area contributed by atoms with Crippen molar-refractivity contribution < 1.29 is 25.5 Å². The topological polar surface area (TPSA) is 130 Å². The van der Waals surface area contributed by atoms with Gasteiger partial charge in [0.1, 0.15) is 5.60 Å². The smallest absolute Gasteiger partial charge is 0.284 e. The van der Waals surface area contributed by atoms with Crippen LogP contribution in [0.15, 0.2) is 0 Å². The Kier molecular flexibility index (Phi) is 14.3. The molecule has 21 heavy (non-hydrogen) atoms. The molecule has 0 fully saturated rings. The van der Waals surface area contributed by atoms with E-state index in [0.717, 1.165) is 0 Å². The van der Waals surface area contributed by atoms with E-state index in [0.29, 0.717) is 0 Å². The highest BCUT2D eigenvalue weighted by Gasteiger charge is 2.17. The first-order chi connectivity index (χ1) is 9.79. The second kappa shape index (κ2) is 13.7. The molecule has 0 aliphatic carbocycles. The lowest BCUT2D eigenvalue weighted by Crippen LogP contribution is -2.22. The minimum Gasteiger partial charge on any atom is -0.284 e. The van der Waals surface area contributed by atoms with Gasteiger partial charge in [-0.05, 0) is 13.8 Å². The number of hydrogen-bond donors (Lipinski definition) is 1. The van der Waals surface area contributed by atoms with Crippen molar-refractivity contribution in [2.24, 2.45) is 0 Å². The van der Waals surface area contributed by atoms with Crippen molar-refractivity contribution in [3.8, 4) is 24.0 Å². The monoisotopic (exact) mass is 336 g/mol. The van der Waals surface area contributed by atoms with E-state index in [2.05, 4.69) is 24.4 Å². The van der Waals surface area contributed by atoms with E-state index in [-0.39, 0.29) is 19.4 Å². The molecule has 0 aromatic heterocycles. The van der Waals surface area contributed by atoms with Gasteiger partial charge in [-0.3, -0.25) is 12.9 Å². The van der Waals surface area contributed by atoms with E-state index in [4.69, 9.17) is 15.1 Å². The minimum atomic E-state index is -2.33. The van der Waals surface area contributed by atoms with Crippen molar-refractivity contribution in [1.29, 1.82) is 10.5 Å². The maximum absolute atomic E-state index is 10.2. The predicted octanol–water partition coefficient (Wildman–Crippen LogP) is 0.977. The van der Waals surface area contributed by atoms with Gasteiger partial charge in [0.15, 0.2) is 0 Å². The average molecular weight is 336 g/mol. The van der Waals surface area contributed by atoms with Crippen LogP contribution in [0.5, 0.6) is 0 Å². The van der Waals surface area contributed by atoms with Gasteiger partial charge in [-0.15, -0.1) is 0 Å². The number of nitriles is 2. The number of hydrogen-bond acceptors (Lipinski definition) is 7. The molecule has 0 aromatic carbocycles. The molecule has 0 saturated carbocycles. The van der Waals surface area contributed by atoms with Crippen LogP contribution in [0.2, 0.25) is 0 Å². The largest absolute Gasteiger partial charge is 0.304 e. The third-order valence-electron chi connectivity index (χ3n) is 1.37. The molecule has 1 N–H and O–H groups in total. The van der Waals surface area contributed by atoms with E-state index in [1.165, 1.54) is 7.11 Å². The summed E-state index contributed by atoms with van der Waals surface area (Å²) in [5, 5.41) is 16.1. The van der Waals surface area contributed by atoms with Crippen LogP contribution in [0.4, 0.5) is 0 Å². The van der Waals surface area contributed by atoms with E-state index in [1.807, 2.05) is 12.1 Å². The van der Waals surface area contributed by atoms with Crippen molar-refractivity contribution in [3.05, 3.63) is 0 Å². The Morgan fingerprint density at radius 3 is 2.29 bits per heavy atom. The number of nitrogens with zero attached hydrogens (tertiary/aromatic N) is 2. The summed E-state index contributed by atoms with van der Waals surface area (Å²) in [6.45, 7) is 3.24. The highest BCUT2D eigenvalue weighted by atomic mass is 32.2. The predicted molar refractivity (Wildman–Crippen MR) is 75.3 cm³/mol. The van der Waals surface area contributed by atoms with Crippen LogP contribution in [0.1, 0.15) is 26.7 Å². The summed E-state index contributed by atoms with van der Waals surface area (Å²) in [4.78, 5) is 0. The van der Waals surface area contributed by atoms with Gasteiger partial charge >= 0.3 is 22.7 Å². The SMILES string of the molecule is CC(C)(C#CCC#N)OS(=O)O.COS(=O)OCCC#N. The fraction of sp³-hybridized carbons (Fsp3) is 0.636. The van der Waals surface area contributed by atoms with Crippen LogP contribution in [-0.4, -0.2) is 32.3 Å². The zero-order valence-corrected chi connectivity index (χ0v) is 13.5. The van der Waals surface area contributed by atoms with Crippen LogP contribution in [-0.2, 0) is 35.3 Å². The summed E-state index contributed by atoms with van der Waals surface area (Å²) < 4.78 is 42.0. The molecule has 118 valence electrons. The van der Waals surface area contributed by atoms with Crippen LogP contribution >= 0.6 is 0 Å². The normalized spacial score (nSPS) is 12.5. The Morgan fingerprint density at radius 2 is 1.86 bits per heavy atom. The Hall–Kier alpha value is -1.32. The quantitative estimate of drug-likeness (QED) is 0.431. The number of rotatable bonds is 6. The highest BCUT2D eigenvalue weighted by molar-refractivity contribution is 7.75. The van der Waals surface area contributed by atoms with Crippen molar-refractivity contribution in [2.75, 3.05) is 13.7 Å². The van der Waals surface area contributed by atoms with Gasteiger partial charge in [-0.1, -0.05) is 11.8 Å². The lowest BCUT2D eigenvalue weighted by atomic mass is 10.1. The summed E-state index contributed by atoms with van der Waals surface area (Å²) in [5.41, 5.74) is -0.990. The zero-order valence-electron chi connectivity index (χ0n) is 11.8. The summed E-state index contributed by atoms with van der Waals surface area (Å²) in [7, 11) is 1.27. The first-order valence-electron chi connectivity index (χ1n) is 5.42. The molecular weight excluding hydrogens is 320 g/mol. The maximum Gasteiger partial charge on any atom is 0.304 e. The third kappa shape index (κ3) is 18.7. The third-order valence-corrected chi connectivity index (χ3v) is 2.56. The van der Waals surface area contributed by atoms with Gasteiger partial charge < -0.3 is 0 Å². The van der Waals surface area contributed by atoms with E-state index >= 15 is 0 Å². The average Bonchev–Trinajstić information content (AvgIpc) is 2.38. The van der Waals surface area contributed by atoms with Gasteiger partial charge in [-0.2, -0.15) is 18.9 Å². The molecule has 0 spiro atoms. The Balaban J connectivity index is 0. The molecule has 2 unspecified atom stereocenters. The van der Waals surface area contributed by atoms with Gasteiger partial charge in [0.2, 0.25) is 0 Å². The lowest BCUT2D eigenvalue weighted by Gasteiger charge is -2.13. The van der Waals surface area contributed by atoms with E-state index < -0.39 is 28.3 Å². The molecule has 0 amide bonds. The molecule has 0 heterocycles. The van der Waals surface area contributed by atoms with Crippen molar-refractivity contribution >= 4 is 22.7 Å². The second-order valence-corrected chi connectivity index (χ2v) is 5.13. The molecule has 0 saturated heterocycles. The molecular formula is C11H16N2O6S2. The maximum atomic E-state index is 10.2. The molecule has 0 bridgehead atoms. The van der Waals surface area contributed by atoms with Gasteiger partial charge in [0, 0.05) is 0 Å². The fourth-order valence-corrected chi connectivity index (χ4v) is 1.41. The molecule has 0 aromatic rings. The summed E-state index contributed by atoms with van der Waals surface area (Å²) >= 11 is -4.01. The van der Waals surface area contributed by atoms with E-state index in [1.54, 1.807) is 13.8 Å². The lowest BCUT2D eigenvalue weighted by molar-refractivity contribution is 0.176. The summed E-state index contributed by atoms with van der Waals surface area (Å²) in [5.74, 6) is 5.04. The Bertz CT molecular complexity index is 484. The Labute approximate surface area is 129 Å². The van der Waals surface area contributed by atoms with Crippen molar-refractivity contribution in [2.45, 2.75) is 32.3 Å². The van der Waals surface area contributed by atoms with Crippen molar-refractivity contribution in [3.63, 3.8) is 0 Å². The fourth-order valence-electron chi connectivity index (χ4n) is 0.699. The van der Waals surface area contributed by atoms with Crippen LogP contribution in [0.25, 0.3) is 0 Å². The molecule has 10 heteroatoms. The van der Waals surface area contributed by atoms with E-state index in [9.17, 15) is 8.42 Å². The zero-order chi connectivity index (χ0) is 16.7.